The number of rotatable bonds is 57. The lowest BCUT2D eigenvalue weighted by atomic mass is 10.0. The summed E-state index contributed by atoms with van der Waals surface area (Å²) in [6.45, 7) is 4.44. The molecule has 47 heteroatoms. The predicted molar refractivity (Wildman–Crippen MR) is 513 cm³/mol. The summed E-state index contributed by atoms with van der Waals surface area (Å²) in [6, 6.07) is -1.96. The fourth-order valence-corrected chi connectivity index (χ4v) is 16.0. The Labute approximate surface area is 813 Å². The van der Waals surface area contributed by atoms with Gasteiger partial charge in [0, 0.05) is 113 Å². The Balaban J connectivity index is 0.976. The van der Waals surface area contributed by atoms with E-state index < -0.39 is 225 Å². The molecule has 3 aromatic heterocycles. The number of hydrogen-bond acceptors (Lipinski definition) is 26. The van der Waals surface area contributed by atoms with E-state index in [-0.39, 0.29) is 127 Å². The average molecular weight is 1960 g/mol. The van der Waals surface area contributed by atoms with Crippen molar-refractivity contribution < 1.29 is 96.4 Å². The van der Waals surface area contributed by atoms with E-state index in [1.807, 2.05) is 12.1 Å². The van der Waals surface area contributed by atoms with E-state index in [1.54, 1.807) is 76.4 Å². The molecule has 0 saturated carbocycles. The molecule has 27 N–H and O–H groups in total. The molecule has 5 heterocycles. The summed E-state index contributed by atoms with van der Waals surface area (Å²) >= 11 is 0. The molecular weight excluding hydrogens is 1820 g/mol. The highest BCUT2D eigenvalue weighted by molar-refractivity contribution is 6.01. The molecular formula is C93H145N27O20. The maximum Gasteiger partial charge on any atom is 0.246 e. The van der Waals surface area contributed by atoms with E-state index in [0.29, 0.717) is 17.5 Å². The number of hydrogen-bond donors (Lipinski definition) is 24. The molecule has 0 radical (unpaired) electrons. The quantitative estimate of drug-likeness (QED) is 0.0107. The normalized spacial score (nSPS) is 18.7. The number of carbonyl (C=O) groups excluding carboxylic acids is 16. The number of amides is 16. The van der Waals surface area contributed by atoms with Gasteiger partial charge in [-0.1, -0.05) is 147 Å². The number of carbonyl (C=O) groups is 16. The number of fused-ring (bicyclic) bond motifs is 2. The van der Waals surface area contributed by atoms with Gasteiger partial charge in [-0.3, -0.25) is 82.1 Å². The van der Waals surface area contributed by atoms with Crippen molar-refractivity contribution in [1.29, 1.82) is 5.41 Å². The van der Waals surface area contributed by atoms with Gasteiger partial charge in [0.1, 0.15) is 78.9 Å². The third-order valence-corrected chi connectivity index (χ3v) is 23.6. The number of aliphatic hydroxyl groups excluding tert-OH is 2. The van der Waals surface area contributed by atoms with Gasteiger partial charge in [-0.05, 0) is 97.7 Å². The molecule has 140 heavy (non-hydrogen) atoms. The number of nitrogens with one attached hydrogen (secondary N) is 19. The number of benzene rings is 2. The fourth-order valence-electron chi connectivity index (χ4n) is 16.0. The van der Waals surface area contributed by atoms with Gasteiger partial charge in [0.25, 0.3) is 0 Å². The first-order valence-corrected chi connectivity index (χ1v) is 48.5. The van der Waals surface area contributed by atoms with Crippen LogP contribution in [0.1, 0.15) is 211 Å². The Hall–Kier alpha value is -13.2. The number of aromatic amines is 3. The van der Waals surface area contributed by atoms with Crippen LogP contribution in [0.2, 0.25) is 0 Å². The minimum Gasteiger partial charge on any atom is -0.394 e. The summed E-state index contributed by atoms with van der Waals surface area (Å²) in [6.07, 6.45) is 16.3. The minimum absolute atomic E-state index is 0.0102. The maximum atomic E-state index is 15.5. The van der Waals surface area contributed by atoms with Crippen LogP contribution in [0.5, 0.6) is 0 Å². The molecule has 0 bridgehead atoms. The van der Waals surface area contributed by atoms with Crippen molar-refractivity contribution in [1.82, 2.24) is 120 Å². The minimum atomic E-state index is -1.76. The molecule has 0 spiro atoms. The zero-order valence-electron chi connectivity index (χ0n) is 80.5. The van der Waals surface area contributed by atoms with Crippen molar-refractivity contribution in [3.8, 4) is 0 Å². The molecule has 0 unspecified atom stereocenters. The highest BCUT2D eigenvalue weighted by Gasteiger charge is 2.45. The van der Waals surface area contributed by atoms with Crippen molar-refractivity contribution in [2.75, 3.05) is 72.3 Å². The molecule has 772 valence electrons. The third-order valence-electron chi connectivity index (χ3n) is 23.6. The molecule has 2 fully saturated rings. The summed E-state index contributed by atoms with van der Waals surface area (Å²) in [7, 11) is 0. The summed E-state index contributed by atoms with van der Waals surface area (Å²) in [5.74, 6) is -14.0. The summed E-state index contributed by atoms with van der Waals surface area (Å²) in [4.78, 5) is 237. The van der Waals surface area contributed by atoms with Crippen molar-refractivity contribution in [2.45, 2.75) is 293 Å². The Bertz CT molecular complexity index is 4760. The number of nitrogens with zero attached hydrogens (tertiary/aromatic N) is 5. The van der Waals surface area contributed by atoms with Crippen LogP contribution in [-0.2, 0) is 112 Å². The van der Waals surface area contributed by atoms with Gasteiger partial charge in [-0.25, -0.2) is 10.1 Å². The number of imidazole rings is 1. The zero-order chi connectivity index (χ0) is 102. The van der Waals surface area contributed by atoms with Crippen molar-refractivity contribution in [3.05, 3.63) is 96.0 Å². The standard InChI is InChI=1S/C93H145N27O20/c1-57(2)44-69(85(131)110-68-35-37-79(125)99-38-24-23-30-65(82(95)128)107-87(133)71(46-60-49-103-64-29-22-21-28-63(60)64)112-83(129)66(31-25-39-101-93(96)97)108-86(132)70(45-59-26-17-16-18-27-59)114-91(137)75-48-62(122)53-120(75)92(68)138)111-89(135)73(51-102-58(3)4)115-88(134)72(47-61-50-98-56-105-61)113-84(130)67(34-36-76(94)123)109-90(136)74(54-121)106-80(126)52-104-81(127)55-140-43-42-139-41-40-100-78(124)33-20-15-13-11-9-7-5-6-8-10-12-14-19-32-77-116-118-119-117-77/h16-18,21-22,26-29,49-50,56-58,62,65-75,102-103,121-122H,5-15,19-20,23-25,30-48,51-55H2,1-4H3,(H2,94,123)(H2,95,128)(H,98,105)(H,99,125)(H,100,124)(H,104,127)(H,106,126)(H,107,133)(H,108,132)(H,109,136)(H,110,131)(H,111,135)(H,112,129)(H,113,130)(H,114,137)(H,115,134)(H4,96,97,101)(H,116,117,118,119)/t62-,65+,66+,67+,68+,69-,70-,71+,72+,73+,74+,75+/m1/s1. The highest BCUT2D eigenvalue weighted by atomic mass is 16.5. The fraction of sp³-hybridized carbons (Fsp3) is 0.624. The van der Waals surface area contributed by atoms with Gasteiger partial charge in [-0.2, -0.15) is 0 Å². The van der Waals surface area contributed by atoms with Crippen LogP contribution in [-0.4, -0.2) is 302 Å². The number of aromatic nitrogens is 7. The molecule has 2 aliphatic rings. The van der Waals surface area contributed by atoms with Crippen LogP contribution in [0.25, 0.3) is 10.9 Å². The number of guanidine groups is 1. The molecule has 2 aromatic carbocycles. The lowest BCUT2D eigenvalue weighted by Crippen LogP contribution is -2.62. The Morgan fingerprint density at radius 1 is 0.607 bits per heavy atom. The Morgan fingerprint density at radius 2 is 1.24 bits per heavy atom. The molecule has 12 atom stereocenters. The molecule has 0 aliphatic carbocycles. The first-order chi connectivity index (χ1) is 67.2. The smallest absolute Gasteiger partial charge is 0.246 e. The lowest BCUT2D eigenvalue weighted by molar-refractivity contribution is -0.143. The lowest BCUT2D eigenvalue weighted by Gasteiger charge is -2.31. The van der Waals surface area contributed by atoms with Crippen LogP contribution < -0.4 is 97.0 Å². The monoisotopic (exact) mass is 1960 g/mol. The maximum absolute atomic E-state index is 15.5. The van der Waals surface area contributed by atoms with Gasteiger partial charge >= 0.3 is 0 Å². The van der Waals surface area contributed by atoms with Crippen LogP contribution in [0, 0.1) is 11.3 Å². The number of aryl methyl sites for hydroxylation is 1. The predicted octanol–water partition coefficient (Wildman–Crippen LogP) is -2.66. The first kappa shape index (κ1) is 114. The molecule has 47 nitrogen and oxygen atoms in total. The zero-order valence-corrected chi connectivity index (χ0v) is 80.5. The van der Waals surface area contributed by atoms with E-state index >= 15 is 24.0 Å². The molecule has 2 aliphatic heterocycles. The van der Waals surface area contributed by atoms with Crippen LogP contribution in [0.15, 0.2) is 73.3 Å². The van der Waals surface area contributed by atoms with E-state index in [4.69, 9.17) is 32.1 Å². The topological polar surface area (TPSA) is 717 Å². The average Bonchev–Trinajstić information content (AvgIpc) is 1.61. The number of aliphatic hydroxyl groups is 2. The van der Waals surface area contributed by atoms with Crippen molar-refractivity contribution >= 4 is 111 Å². The second kappa shape index (κ2) is 62.7. The summed E-state index contributed by atoms with van der Waals surface area (Å²) < 4.78 is 10.9. The Kier molecular flexibility index (Phi) is 51.0. The molecule has 7 rings (SSSR count). The number of para-hydroxylation sites is 1. The van der Waals surface area contributed by atoms with Gasteiger partial charge < -0.3 is 132 Å². The van der Waals surface area contributed by atoms with Crippen molar-refractivity contribution in [2.24, 2.45) is 23.1 Å². The van der Waals surface area contributed by atoms with Gasteiger partial charge in [0.05, 0.1) is 51.1 Å². The number of nitrogens with two attached hydrogens (primary N) is 3. The van der Waals surface area contributed by atoms with Gasteiger partial charge in [0.15, 0.2) is 5.96 Å². The van der Waals surface area contributed by atoms with Gasteiger partial charge in [0.2, 0.25) is 94.5 Å². The number of H-pyrrole nitrogens is 3. The molecule has 5 aromatic rings. The summed E-state index contributed by atoms with van der Waals surface area (Å²) in [5, 5.41) is 84.0. The van der Waals surface area contributed by atoms with E-state index in [9.17, 15) is 63.0 Å². The van der Waals surface area contributed by atoms with Crippen LogP contribution >= 0.6 is 0 Å². The van der Waals surface area contributed by atoms with Crippen molar-refractivity contribution in [3.63, 3.8) is 0 Å². The third kappa shape index (κ3) is 43.1. The number of unbranched alkanes of at least 4 members (excludes halogenated alkanes) is 12. The summed E-state index contributed by atoms with van der Waals surface area (Å²) in [5.41, 5.74) is 19.1. The number of ether oxygens (including phenoxy) is 2. The second-order valence-corrected chi connectivity index (χ2v) is 36.0. The van der Waals surface area contributed by atoms with Crippen LogP contribution in [0.3, 0.4) is 0 Å². The van der Waals surface area contributed by atoms with Crippen LogP contribution in [0.4, 0.5) is 0 Å². The highest BCUT2D eigenvalue weighted by Crippen LogP contribution is 2.25. The Morgan fingerprint density at radius 3 is 1.91 bits per heavy atom. The SMILES string of the molecule is CC(C)C[C@@H](NC(=O)[C@H](CNC(C)C)NC(=O)[C@H](Cc1c[nH]cn1)NC(=O)[C@H](CCC(N)=O)NC(=O)[C@H](CO)NC(=O)CNC(=O)COCCOCCNC(=O)CCCCCCCCCCCCCCCc1nnn[nH]1)C(=O)N[C@H]1CCC(=O)NCCCC[C@@H](C(N)=O)NC(=O)[C@H](Cc2c[nH]c3ccccc23)NC(=O)[C@H](CCCNC(=N)N)NC(=O)[C@@H](Cc2ccccc2)NC(=O)[C@@H]2C[C@@H](O)CN2C1=O. The number of tetrazole rings is 1. The molecule has 16 amide bonds. The van der Waals surface area contributed by atoms with E-state index in [2.05, 4.69) is 115 Å². The second-order valence-electron chi connectivity index (χ2n) is 36.0. The molecule has 2 saturated heterocycles. The van der Waals surface area contributed by atoms with E-state index in [0.717, 1.165) is 60.2 Å². The largest absolute Gasteiger partial charge is 0.394 e. The van der Waals surface area contributed by atoms with Gasteiger partial charge in [-0.15, -0.1) is 5.10 Å². The first-order valence-electron chi connectivity index (χ1n) is 48.5. The van der Waals surface area contributed by atoms with E-state index in [1.165, 1.54) is 63.9 Å². The number of primary amides is 2.